The Kier molecular flexibility index (Phi) is 5.01. The van der Waals surface area contributed by atoms with Gasteiger partial charge in [0.05, 0.1) is 12.1 Å². The van der Waals surface area contributed by atoms with Gasteiger partial charge < -0.3 is 14.0 Å². The van der Waals surface area contributed by atoms with Crippen LogP contribution >= 0.6 is 0 Å². The quantitative estimate of drug-likeness (QED) is 0.773. The van der Waals surface area contributed by atoms with Crippen molar-refractivity contribution in [1.82, 2.24) is 19.5 Å². The van der Waals surface area contributed by atoms with Crippen molar-refractivity contribution in [2.75, 3.05) is 26.2 Å². The minimum atomic E-state index is 0.126. The molecule has 2 fully saturated rings. The van der Waals surface area contributed by atoms with Gasteiger partial charge in [0.2, 0.25) is 5.91 Å². The number of carbonyl (C=O) groups excluding carboxylic acids is 1. The summed E-state index contributed by atoms with van der Waals surface area (Å²) in [5.74, 6) is 1.42. The summed E-state index contributed by atoms with van der Waals surface area (Å²) in [5, 5.41) is 3.97. The van der Waals surface area contributed by atoms with Gasteiger partial charge in [-0.3, -0.25) is 14.5 Å². The molecule has 5 rings (SSSR count). The predicted octanol–water partition coefficient (Wildman–Crippen LogP) is 2.24. The van der Waals surface area contributed by atoms with E-state index in [1.54, 1.807) is 0 Å². The second-order valence-corrected chi connectivity index (χ2v) is 9.26. The smallest absolute Gasteiger partial charge is 0.255 e. The number of amides is 1. The highest BCUT2D eigenvalue weighted by Gasteiger charge is 2.37. The van der Waals surface area contributed by atoms with Crippen LogP contribution in [0, 0.1) is 19.8 Å². The van der Waals surface area contributed by atoms with Crippen molar-refractivity contribution in [2.45, 2.75) is 58.5 Å². The van der Waals surface area contributed by atoms with Gasteiger partial charge in [-0.1, -0.05) is 11.2 Å². The van der Waals surface area contributed by atoms with Crippen LogP contribution in [0.2, 0.25) is 0 Å². The first-order valence-electron chi connectivity index (χ1n) is 11.1. The number of fused-ring (bicyclic) bond motifs is 4. The number of aryl methyl sites for hydroxylation is 2. The summed E-state index contributed by atoms with van der Waals surface area (Å²) in [7, 11) is 0. The van der Waals surface area contributed by atoms with Crippen LogP contribution < -0.4 is 5.56 Å². The van der Waals surface area contributed by atoms with Gasteiger partial charge in [-0.15, -0.1) is 0 Å². The first-order valence-corrected chi connectivity index (χ1v) is 11.1. The summed E-state index contributed by atoms with van der Waals surface area (Å²) in [6.07, 6.45) is 3.85. The largest absolute Gasteiger partial charge is 0.361 e. The third-order valence-electron chi connectivity index (χ3n) is 7.14. The van der Waals surface area contributed by atoms with E-state index in [-0.39, 0.29) is 17.4 Å². The van der Waals surface area contributed by atoms with Gasteiger partial charge in [0, 0.05) is 48.9 Å². The standard InChI is InChI=1S/C23H30N4O3/c1-15-20(16(2)30-24-15)10-22(28)26-11-17-9-19(14-26)21-6-5-18(23(29)27(21)12-17)13-25-7-3-4-8-25/h5-6,17,19H,3-4,7-14H2,1-2H3/t17-,19+/m0/s1. The molecule has 0 N–H and O–H groups in total. The van der Waals surface area contributed by atoms with Gasteiger partial charge >= 0.3 is 0 Å². The van der Waals surface area contributed by atoms with Crippen LogP contribution in [0.3, 0.4) is 0 Å². The first kappa shape index (κ1) is 19.5. The van der Waals surface area contributed by atoms with Gasteiger partial charge in [0.15, 0.2) is 0 Å². The Labute approximate surface area is 176 Å². The number of pyridine rings is 1. The zero-order valence-electron chi connectivity index (χ0n) is 17.9. The van der Waals surface area contributed by atoms with Crippen LogP contribution in [-0.2, 0) is 24.3 Å². The zero-order valence-corrected chi connectivity index (χ0v) is 17.9. The molecule has 0 aromatic carbocycles. The Morgan fingerprint density at radius 2 is 1.97 bits per heavy atom. The van der Waals surface area contributed by atoms with Crippen LogP contribution in [-0.4, -0.2) is 51.6 Å². The molecule has 2 saturated heterocycles. The molecule has 2 bridgehead atoms. The van der Waals surface area contributed by atoms with Crippen LogP contribution in [0.4, 0.5) is 0 Å². The lowest BCUT2D eigenvalue weighted by molar-refractivity contribution is -0.133. The highest BCUT2D eigenvalue weighted by atomic mass is 16.5. The van der Waals surface area contributed by atoms with Crippen LogP contribution in [0.15, 0.2) is 21.5 Å². The number of nitrogens with zero attached hydrogens (tertiary/aromatic N) is 4. The molecule has 0 aliphatic carbocycles. The van der Waals surface area contributed by atoms with E-state index in [4.69, 9.17) is 4.52 Å². The lowest BCUT2D eigenvalue weighted by atomic mass is 9.82. The van der Waals surface area contributed by atoms with Crippen LogP contribution in [0.25, 0.3) is 0 Å². The van der Waals surface area contributed by atoms with E-state index in [9.17, 15) is 9.59 Å². The van der Waals surface area contributed by atoms with Gasteiger partial charge in [-0.05, 0) is 58.2 Å². The highest BCUT2D eigenvalue weighted by Crippen LogP contribution is 2.35. The molecular weight excluding hydrogens is 380 g/mol. The molecule has 2 atom stereocenters. The fraction of sp³-hybridized carbons (Fsp3) is 0.609. The average Bonchev–Trinajstić information content (AvgIpc) is 3.35. The second-order valence-electron chi connectivity index (χ2n) is 9.26. The minimum Gasteiger partial charge on any atom is -0.361 e. The number of aromatic nitrogens is 2. The molecule has 160 valence electrons. The zero-order chi connectivity index (χ0) is 20.8. The monoisotopic (exact) mass is 410 g/mol. The molecule has 0 saturated carbocycles. The fourth-order valence-electron chi connectivity index (χ4n) is 5.51. The fourth-order valence-corrected chi connectivity index (χ4v) is 5.51. The molecule has 30 heavy (non-hydrogen) atoms. The van der Waals surface area contributed by atoms with E-state index < -0.39 is 0 Å². The Bertz CT molecular complexity index is 998. The summed E-state index contributed by atoms with van der Waals surface area (Å²) < 4.78 is 7.21. The predicted molar refractivity (Wildman–Crippen MR) is 112 cm³/mol. The summed E-state index contributed by atoms with van der Waals surface area (Å²) in [6, 6.07) is 4.16. The average molecular weight is 411 g/mol. The minimum absolute atomic E-state index is 0.126. The molecule has 0 unspecified atom stereocenters. The summed E-state index contributed by atoms with van der Waals surface area (Å²) >= 11 is 0. The lowest BCUT2D eigenvalue weighted by Crippen LogP contribution is -2.50. The van der Waals surface area contributed by atoms with Crippen molar-refractivity contribution in [3.8, 4) is 0 Å². The number of piperidine rings is 1. The van der Waals surface area contributed by atoms with Crippen molar-refractivity contribution < 1.29 is 9.32 Å². The van der Waals surface area contributed by atoms with E-state index in [1.165, 1.54) is 12.8 Å². The normalized spacial score (nSPS) is 23.6. The third kappa shape index (κ3) is 3.49. The summed E-state index contributed by atoms with van der Waals surface area (Å²) in [5.41, 5.74) is 3.87. The molecule has 1 amide bonds. The Morgan fingerprint density at radius 3 is 2.70 bits per heavy atom. The lowest BCUT2D eigenvalue weighted by Gasteiger charge is -2.43. The van der Waals surface area contributed by atoms with Crippen molar-refractivity contribution in [3.63, 3.8) is 0 Å². The van der Waals surface area contributed by atoms with Crippen molar-refractivity contribution >= 4 is 5.91 Å². The molecule has 0 spiro atoms. The Balaban J connectivity index is 1.34. The number of hydrogen-bond acceptors (Lipinski definition) is 5. The third-order valence-corrected chi connectivity index (χ3v) is 7.14. The second kappa shape index (κ2) is 7.69. The van der Waals surface area contributed by atoms with Gasteiger partial charge in [-0.25, -0.2) is 0 Å². The molecule has 0 radical (unpaired) electrons. The molecule has 3 aliphatic rings. The summed E-state index contributed by atoms with van der Waals surface area (Å²) in [6.45, 7) is 8.81. The molecule has 5 heterocycles. The molecule has 2 aromatic heterocycles. The van der Waals surface area contributed by atoms with Crippen LogP contribution in [0.1, 0.15) is 53.5 Å². The maximum Gasteiger partial charge on any atom is 0.255 e. The van der Waals surface area contributed by atoms with E-state index >= 15 is 0 Å². The van der Waals surface area contributed by atoms with E-state index in [2.05, 4.69) is 16.1 Å². The highest BCUT2D eigenvalue weighted by molar-refractivity contribution is 5.79. The molecular formula is C23H30N4O3. The topological polar surface area (TPSA) is 71.6 Å². The number of hydrogen-bond donors (Lipinski definition) is 0. The first-order chi connectivity index (χ1) is 14.5. The van der Waals surface area contributed by atoms with Crippen LogP contribution in [0.5, 0.6) is 0 Å². The number of rotatable bonds is 4. The maximum atomic E-state index is 13.2. The molecule has 7 heteroatoms. The summed E-state index contributed by atoms with van der Waals surface area (Å²) in [4.78, 5) is 30.5. The van der Waals surface area contributed by atoms with Gasteiger partial charge in [0.1, 0.15) is 5.76 Å². The van der Waals surface area contributed by atoms with Crippen molar-refractivity contribution in [2.24, 2.45) is 5.92 Å². The number of carbonyl (C=O) groups is 1. The Morgan fingerprint density at radius 1 is 1.17 bits per heavy atom. The molecule has 2 aromatic rings. The van der Waals surface area contributed by atoms with E-state index in [0.29, 0.717) is 25.4 Å². The number of likely N-dealkylation sites (tertiary alicyclic amines) is 2. The van der Waals surface area contributed by atoms with Crippen molar-refractivity contribution in [3.05, 3.63) is 50.8 Å². The van der Waals surface area contributed by atoms with Gasteiger partial charge in [0.25, 0.3) is 5.56 Å². The van der Waals surface area contributed by atoms with Gasteiger partial charge in [-0.2, -0.15) is 0 Å². The van der Waals surface area contributed by atoms with E-state index in [0.717, 1.165) is 60.9 Å². The molecule has 7 nitrogen and oxygen atoms in total. The van der Waals surface area contributed by atoms with Crippen molar-refractivity contribution in [1.29, 1.82) is 0 Å². The molecule has 3 aliphatic heterocycles. The SMILES string of the molecule is Cc1noc(C)c1CC(=O)N1C[C@@H]2C[C@H](C1)c1ccc(CN3CCCC3)c(=O)n1C2. The van der Waals surface area contributed by atoms with E-state index in [1.807, 2.05) is 29.4 Å². The Hall–Kier alpha value is -2.41. The maximum absolute atomic E-state index is 13.2.